The van der Waals surface area contributed by atoms with E-state index in [0.29, 0.717) is 6.04 Å². The number of hydrogen-bond donors (Lipinski definition) is 1. The van der Waals surface area contributed by atoms with Gasteiger partial charge in [0, 0.05) is 6.04 Å². The molecule has 0 bridgehead atoms. The molecule has 0 radical (unpaired) electrons. The highest BCUT2D eigenvalue weighted by atomic mass is 15.1. The van der Waals surface area contributed by atoms with E-state index in [4.69, 9.17) is 0 Å². The number of rotatable bonds is 5. The molecule has 4 unspecified atom stereocenters. The molecular weight excluding hydrogens is 258 g/mol. The molecule has 0 amide bonds. The number of nitrogens with one attached hydrogen (secondary N) is 1. The van der Waals surface area contributed by atoms with E-state index >= 15 is 0 Å². The zero-order valence-corrected chi connectivity index (χ0v) is 14.3. The van der Waals surface area contributed by atoms with Gasteiger partial charge in [-0.3, -0.25) is 0 Å². The molecular formula is C18H31N3. The Morgan fingerprint density at radius 3 is 2.57 bits per heavy atom. The first kappa shape index (κ1) is 16.4. The fourth-order valence-corrected chi connectivity index (χ4v) is 3.72. The lowest BCUT2D eigenvalue weighted by Crippen LogP contribution is -2.34. The first-order chi connectivity index (χ1) is 10.1. The first-order valence-corrected chi connectivity index (χ1v) is 8.63. The van der Waals surface area contributed by atoms with E-state index in [-0.39, 0.29) is 0 Å². The van der Waals surface area contributed by atoms with Gasteiger partial charge in [-0.15, -0.1) is 0 Å². The van der Waals surface area contributed by atoms with Gasteiger partial charge in [0.1, 0.15) is 0 Å². The van der Waals surface area contributed by atoms with E-state index < -0.39 is 0 Å². The Labute approximate surface area is 129 Å². The van der Waals surface area contributed by atoms with Gasteiger partial charge in [0.05, 0.1) is 11.4 Å². The van der Waals surface area contributed by atoms with Gasteiger partial charge >= 0.3 is 0 Å². The number of aromatic nitrogens is 2. The molecule has 3 heteroatoms. The van der Waals surface area contributed by atoms with E-state index in [9.17, 15) is 0 Å². The first-order valence-electron chi connectivity index (χ1n) is 8.63. The molecule has 21 heavy (non-hydrogen) atoms. The quantitative estimate of drug-likeness (QED) is 0.888. The van der Waals surface area contributed by atoms with Gasteiger partial charge in [-0.25, -0.2) is 0 Å². The summed E-state index contributed by atoms with van der Waals surface area (Å²) in [5.74, 6) is 2.42. The second-order valence-electron chi connectivity index (χ2n) is 6.80. The zero-order chi connectivity index (χ0) is 15.4. The van der Waals surface area contributed by atoms with Crippen LogP contribution in [0.15, 0.2) is 6.07 Å². The molecule has 1 aromatic heterocycles. The summed E-state index contributed by atoms with van der Waals surface area (Å²) >= 11 is 0. The highest BCUT2D eigenvalue weighted by Crippen LogP contribution is 2.40. The highest BCUT2D eigenvalue weighted by molar-refractivity contribution is 5.25. The summed E-state index contributed by atoms with van der Waals surface area (Å²) in [5.41, 5.74) is 3.58. The van der Waals surface area contributed by atoms with E-state index in [1.807, 2.05) is 6.92 Å². The third-order valence-corrected chi connectivity index (χ3v) is 5.23. The van der Waals surface area contributed by atoms with Crippen molar-refractivity contribution in [1.29, 1.82) is 0 Å². The minimum absolute atomic E-state index is 0.439. The van der Waals surface area contributed by atoms with Gasteiger partial charge in [0.25, 0.3) is 0 Å². The Kier molecular flexibility index (Phi) is 5.74. The number of hydrogen-bond acceptors (Lipinski definition) is 3. The summed E-state index contributed by atoms with van der Waals surface area (Å²) in [4.78, 5) is 0. The average molecular weight is 289 g/mol. The van der Waals surface area contributed by atoms with Crippen LogP contribution in [0.3, 0.4) is 0 Å². The molecule has 3 nitrogen and oxygen atoms in total. The van der Waals surface area contributed by atoms with Gasteiger partial charge in [-0.1, -0.05) is 34.1 Å². The summed E-state index contributed by atoms with van der Waals surface area (Å²) in [5, 5.41) is 12.4. The molecule has 0 aromatic carbocycles. The molecule has 1 N–H and O–H groups in total. The minimum Gasteiger partial charge on any atom is -0.310 e. The van der Waals surface area contributed by atoms with Crippen molar-refractivity contribution in [1.82, 2.24) is 15.5 Å². The largest absolute Gasteiger partial charge is 0.310 e. The third kappa shape index (κ3) is 3.82. The molecule has 2 rings (SSSR count). The lowest BCUT2D eigenvalue weighted by atomic mass is 9.71. The standard InChI is InChI=1S/C18H31N3/c1-6-17-16(11-14(5)20-21-17)18(19-7-2)15-9-8-12(3)13(4)10-15/h11-13,15,18-19H,6-10H2,1-5H3. The van der Waals surface area contributed by atoms with E-state index in [0.717, 1.165) is 42.1 Å². The molecule has 1 aliphatic rings. The lowest BCUT2D eigenvalue weighted by molar-refractivity contribution is 0.171. The van der Waals surface area contributed by atoms with Crippen LogP contribution in [0.2, 0.25) is 0 Å². The molecule has 0 aliphatic heterocycles. The summed E-state index contributed by atoms with van der Waals surface area (Å²) in [7, 11) is 0. The van der Waals surface area contributed by atoms with Crippen LogP contribution in [0.5, 0.6) is 0 Å². The maximum absolute atomic E-state index is 4.44. The Bertz CT molecular complexity index is 458. The van der Waals surface area contributed by atoms with Crippen LogP contribution >= 0.6 is 0 Å². The summed E-state index contributed by atoms with van der Waals surface area (Å²) < 4.78 is 0. The van der Waals surface area contributed by atoms with Crippen LogP contribution in [0.25, 0.3) is 0 Å². The minimum atomic E-state index is 0.439. The van der Waals surface area contributed by atoms with Crippen LogP contribution in [0, 0.1) is 24.7 Å². The van der Waals surface area contributed by atoms with E-state index in [2.05, 4.69) is 49.3 Å². The van der Waals surface area contributed by atoms with Crippen molar-refractivity contribution >= 4 is 0 Å². The molecule has 118 valence electrons. The van der Waals surface area contributed by atoms with Crippen LogP contribution < -0.4 is 5.32 Å². The maximum Gasteiger partial charge on any atom is 0.0676 e. The van der Waals surface area contributed by atoms with Crippen molar-refractivity contribution in [2.24, 2.45) is 17.8 Å². The molecule has 4 atom stereocenters. The van der Waals surface area contributed by atoms with Crippen LogP contribution in [-0.4, -0.2) is 16.7 Å². The Morgan fingerprint density at radius 1 is 1.19 bits per heavy atom. The highest BCUT2D eigenvalue weighted by Gasteiger charge is 2.31. The molecule has 0 saturated heterocycles. The van der Waals surface area contributed by atoms with Crippen LogP contribution in [-0.2, 0) is 6.42 Å². The smallest absolute Gasteiger partial charge is 0.0676 e. The Balaban J connectivity index is 2.28. The molecule has 0 spiro atoms. The third-order valence-electron chi connectivity index (χ3n) is 5.23. The van der Waals surface area contributed by atoms with E-state index in [1.54, 1.807) is 0 Å². The molecule has 1 saturated carbocycles. The predicted molar refractivity (Wildman–Crippen MR) is 88.2 cm³/mol. The predicted octanol–water partition coefficient (Wildman–Crippen LogP) is 4.07. The van der Waals surface area contributed by atoms with Crippen molar-refractivity contribution in [3.05, 3.63) is 23.0 Å². The van der Waals surface area contributed by atoms with Crippen LogP contribution in [0.1, 0.15) is 70.0 Å². The normalized spacial score (nSPS) is 27.6. The molecule has 1 heterocycles. The van der Waals surface area contributed by atoms with Gasteiger partial charge in [0.15, 0.2) is 0 Å². The summed E-state index contributed by atoms with van der Waals surface area (Å²) in [6.45, 7) is 12.3. The van der Waals surface area contributed by atoms with Gasteiger partial charge in [-0.2, -0.15) is 10.2 Å². The van der Waals surface area contributed by atoms with Crippen molar-refractivity contribution in [3.8, 4) is 0 Å². The SMILES string of the molecule is CCNC(c1cc(C)nnc1CC)C1CCC(C)C(C)C1. The second kappa shape index (κ2) is 7.35. The maximum atomic E-state index is 4.44. The fraction of sp³-hybridized carbons (Fsp3) is 0.778. The topological polar surface area (TPSA) is 37.8 Å². The number of aryl methyl sites for hydroxylation is 2. The summed E-state index contributed by atoms with van der Waals surface area (Å²) in [6, 6.07) is 2.69. The van der Waals surface area contributed by atoms with Crippen molar-refractivity contribution in [2.75, 3.05) is 6.54 Å². The summed E-state index contributed by atoms with van der Waals surface area (Å²) in [6.07, 6.45) is 4.97. The lowest BCUT2D eigenvalue weighted by Gasteiger charge is -2.37. The second-order valence-corrected chi connectivity index (χ2v) is 6.80. The molecule has 1 aliphatic carbocycles. The average Bonchev–Trinajstić information content (AvgIpc) is 2.48. The van der Waals surface area contributed by atoms with Crippen molar-refractivity contribution in [3.63, 3.8) is 0 Å². The number of nitrogens with zero attached hydrogens (tertiary/aromatic N) is 2. The van der Waals surface area contributed by atoms with Crippen molar-refractivity contribution in [2.45, 2.75) is 66.3 Å². The van der Waals surface area contributed by atoms with Crippen LogP contribution in [0.4, 0.5) is 0 Å². The molecule has 1 aromatic rings. The monoisotopic (exact) mass is 289 g/mol. The Morgan fingerprint density at radius 2 is 1.95 bits per heavy atom. The molecule has 1 fully saturated rings. The van der Waals surface area contributed by atoms with Gasteiger partial charge in [-0.05, 0) is 62.1 Å². The van der Waals surface area contributed by atoms with Gasteiger partial charge < -0.3 is 5.32 Å². The Hall–Kier alpha value is -0.960. The van der Waals surface area contributed by atoms with Gasteiger partial charge in [0.2, 0.25) is 0 Å². The van der Waals surface area contributed by atoms with Crippen molar-refractivity contribution < 1.29 is 0 Å². The fourth-order valence-electron chi connectivity index (χ4n) is 3.72. The van der Waals surface area contributed by atoms with E-state index in [1.165, 1.54) is 24.8 Å². The zero-order valence-electron chi connectivity index (χ0n) is 14.3.